The molecule has 4 nitrogen and oxygen atoms in total. The van der Waals surface area contributed by atoms with Gasteiger partial charge in [-0.1, -0.05) is 0 Å². The Morgan fingerprint density at radius 2 is 2.17 bits per heavy atom. The lowest BCUT2D eigenvalue weighted by Gasteiger charge is -2.27. The predicted molar refractivity (Wildman–Crippen MR) is 43.3 cm³/mol. The Bertz CT molecular complexity index is 202. The number of hydrogen-bond donors (Lipinski definition) is 1. The molecule has 12 heavy (non-hydrogen) atoms. The third-order valence-corrected chi connectivity index (χ3v) is 2.03. The predicted octanol–water partition coefficient (Wildman–Crippen LogP) is -0.111. The molecule has 1 N–H and O–H groups in total. The summed E-state index contributed by atoms with van der Waals surface area (Å²) in [5.41, 5.74) is 0. The van der Waals surface area contributed by atoms with Crippen LogP contribution in [0.3, 0.4) is 0 Å². The Morgan fingerprint density at radius 1 is 1.58 bits per heavy atom. The minimum Gasteiger partial charge on any atom is -0.393 e. The molecular formula is C8H12N2O2. The summed E-state index contributed by atoms with van der Waals surface area (Å²) in [6.07, 6.45) is 1.02. The normalized spacial score (nSPS) is 18.8. The monoisotopic (exact) mass is 168 g/mol. The van der Waals surface area contributed by atoms with Gasteiger partial charge in [-0.2, -0.15) is 0 Å². The second kappa shape index (κ2) is 4.07. The van der Waals surface area contributed by atoms with Crippen LogP contribution in [0.15, 0.2) is 0 Å². The van der Waals surface area contributed by atoms with E-state index in [2.05, 4.69) is 4.85 Å². The van der Waals surface area contributed by atoms with Crippen molar-refractivity contribution in [2.24, 2.45) is 0 Å². The Kier molecular flexibility index (Phi) is 3.06. The van der Waals surface area contributed by atoms with Crippen molar-refractivity contribution < 1.29 is 9.90 Å². The third-order valence-electron chi connectivity index (χ3n) is 2.03. The lowest BCUT2D eigenvalue weighted by atomic mass is 10.1. The summed E-state index contributed by atoms with van der Waals surface area (Å²) in [6.45, 7) is 7.65. The first-order chi connectivity index (χ1) is 5.74. The number of piperidine rings is 1. The van der Waals surface area contributed by atoms with Gasteiger partial charge in [0, 0.05) is 13.1 Å². The molecule has 0 unspecified atom stereocenters. The molecule has 1 fully saturated rings. The van der Waals surface area contributed by atoms with E-state index in [1.807, 2.05) is 0 Å². The largest absolute Gasteiger partial charge is 0.393 e. The van der Waals surface area contributed by atoms with Crippen LogP contribution in [0.25, 0.3) is 4.85 Å². The highest BCUT2D eigenvalue weighted by Crippen LogP contribution is 2.09. The van der Waals surface area contributed by atoms with E-state index in [0.29, 0.717) is 25.9 Å². The lowest BCUT2D eigenvalue weighted by Crippen LogP contribution is -2.40. The van der Waals surface area contributed by atoms with Crippen molar-refractivity contribution in [2.45, 2.75) is 18.9 Å². The van der Waals surface area contributed by atoms with E-state index in [4.69, 9.17) is 11.7 Å². The quantitative estimate of drug-likeness (QED) is 0.555. The van der Waals surface area contributed by atoms with Crippen LogP contribution in [0.2, 0.25) is 0 Å². The van der Waals surface area contributed by atoms with Crippen LogP contribution in [0.1, 0.15) is 12.8 Å². The van der Waals surface area contributed by atoms with Gasteiger partial charge in [0.25, 0.3) is 6.54 Å². The molecule has 0 aromatic rings. The highest BCUT2D eigenvalue weighted by molar-refractivity contribution is 5.79. The van der Waals surface area contributed by atoms with Crippen LogP contribution in [0.5, 0.6) is 0 Å². The number of likely N-dealkylation sites (tertiary alicyclic amines) is 1. The standard InChI is InChI=1S/C8H12N2O2/c1-9-6-8(12)10-4-2-7(11)3-5-10/h7,11H,2-6H2. The Balaban J connectivity index is 2.35. The molecule has 4 heteroatoms. The van der Waals surface area contributed by atoms with Crippen molar-refractivity contribution in [2.75, 3.05) is 19.6 Å². The van der Waals surface area contributed by atoms with E-state index in [-0.39, 0.29) is 18.6 Å². The molecule has 0 saturated carbocycles. The van der Waals surface area contributed by atoms with Crippen molar-refractivity contribution in [3.63, 3.8) is 0 Å². The molecule has 0 aliphatic carbocycles. The van der Waals surface area contributed by atoms with Crippen molar-refractivity contribution >= 4 is 5.91 Å². The topological polar surface area (TPSA) is 44.9 Å². The van der Waals surface area contributed by atoms with Gasteiger partial charge in [0.2, 0.25) is 0 Å². The van der Waals surface area contributed by atoms with Crippen molar-refractivity contribution in [3.05, 3.63) is 11.4 Å². The molecule has 1 aliphatic rings. The van der Waals surface area contributed by atoms with Crippen molar-refractivity contribution in [1.82, 2.24) is 4.90 Å². The van der Waals surface area contributed by atoms with Gasteiger partial charge in [0.1, 0.15) is 0 Å². The number of rotatable bonds is 1. The van der Waals surface area contributed by atoms with Gasteiger partial charge in [-0.15, -0.1) is 0 Å². The van der Waals surface area contributed by atoms with E-state index in [1.165, 1.54) is 0 Å². The molecule has 1 heterocycles. The van der Waals surface area contributed by atoms with Gasteiger partial charge in [-0.3, -0.25) is 4.79 Å². The number of carbonyl (C=O) groups is 1. The van der Waals surface area contributed by atoms with Gasteiger partial charge in [-0.05, 0) is 12.8 Å². The number of hydrogen-bond acceptors (Lipinski definition) is 2. The summed E-state index contributed by atoms with van der Waals surface area (Å²) in [5.74, 6) is -0.114. The Labute approximate surface area is 71.6 Å². The van der Waals surface area contributed by atoms with Crippen LogP contribution in [-0.4, -0.2) is 41.7 Å². The fourth-order valence-corrected chi connectivity index (χ4v) is 1.28. The average Bonchev–Trinajstić information content (AvgIpc) is 2.06. The maximum atomic E-state index is 11.1. The second-order valence-electron chi connectivity index (χ2n) is 2.93. The minimum atomic E-state index is -0.262. The van der Waals surface area contributed by atoms with Gasteiger partial charge in [-0.25, -0.2) is 6.57 Å². The van der Waals surface area contributed by atoms with Gasteiger partial charge in [0.05, 0.1) is 6.10 Å². The van der Waals surface area contributed by atoms with E-state index in [0.717, 1.165) is 0 Å². The first-order valence-corrected chi connectivity index (χ1v) is 4.03. The number of nitrogens with zero attached hydrogens (tertiary/aromatic N) is 2. The summed E-state index contributed by atoms with van der Waals surface area (Å²) in [7, 11) is 0. The first-order valence-electron chi connectivity index (χ1n) is 4.03. The van der Waals surface area contributed by atoms with Gasteiger partial charge >= 0.3 is 5.91 Å². The molecule has 66 valence electrons. The zero-order valence-electron chi connectivity index (χ0n) is 6.86. The zero-order chi connectivity index (χ0) is 8.97. The van der Waals surface area contributed by atoms with Gasteiger partial charge in [0.15, 0.2) is 0 Å². The van der Waals surface area contributed by atoms with E-state index in [1.54, 1.807) is 4.90 Å². The highest BCUT2D eigenvalue weighted by atomic mass is 16.3. The fraction of sp³-hybridized carbons (Fsp3) is 0.750. The molecule has 1 saturated heterocycles. The fourth-order valence-electron chi connectivity index (χ4n) is 1.28. The molecule has 0 aromatic heterocycles. The van der Waals surface area contributed by atoms with Gasteiger partial charge < -0.3 is 14.9 Å². The number of carbonyl (C=O) groups excluding carboxylic acids is 1. The van der Waals surface area contributed by atoms with E-state index < -0.39 is 0 Å². The SMILES string of the molecule is [C-]#[N+]CC(=O)N1CCC(O)CC1. The molecule has 0 aromatic carbocycles. The zero-order valence-corrected chi connectivity index (χ0v) is 6.86. The molecule has 1 aliphatic heterocycles. The van der Waals surface area contributed by atoms with Crippen LogP contribution < -0.4 is 0 Å². The van der Waals surface area contributed by atoms with Crippen LogP contribution in [-0.2, 0) is 4.79 Å². The molecular weight excluding hydrogens is 156 g/mol. The molecule has 0 spiro atoms. The molecule has 0 atom stereocenters. The molecule has 0 bridgehead atoms. The Morgan fingerprint density at radius 3 is 2.67 bits per heavy atom. The summed E-state index contributed by atoms with van der Waals surface area (Å²) in [4.78, 5) is 15.8. The number of aliphatic hydroxyl groups excluding tert-OH is 1. The lowest BCUT2D eigenvalue weighted by molar-refractivity contribution is -0.130. The van der Waals surface area contributed by atoms with E-state index in [9.17, 15) is 4.79 Å². The first kappa shape index (κ1) is 9.01. The summed E-state index contributed by atoms with van der Waals surface area (Å²) >= 11 is 0. The third kappa shape index (κ3) is 2.21. The molecule has 1 amide bonds. The summed E-state index contributed by atoms with van der Waals surface area (Å²) in [6, 6.07) is 0. The smallest absolute Gasteiger partial charge is 0.302 e. The van der Waals surface area contributed by atoms with Crippen LogP contribution in [0.4, 0.5) is 0 Å². The van der Waals surface area contributed by atoms with Crippen LogP contribution >= 0.6 is 0 Å². The van der Waals surface area contributed by atoms with Crippen LogP contribution in [0, 0.1) is 6.57 Å². The van der Waals surface area contributed by atoms with Crippen molar-refractivity contribution in [1.29, 1.82) is 0 Å². The maximum Gasteiger partial charge on any atom is 0.302 e. The van der Waals surface area contributed by atoms with E-state index >= 15 is 0 Å². The average molecular weight is 168 g/mol. The maximum absolute atomic E-state index is 11.1. The highest BCUT2D eigenvalue weighted by Gasteiger charge is 2.22. The van der Waals surface area contributed by atoms with Crippen molar-refractivity contribution in [3.8, 4) is 0 Å². The number of aliphatic hydroxyl groups is 1. The molecule has 1 rings (SSSR count). The second-order valence-corrected chi connectivity index (χ2v) is 2.93. The minimum absolute atomic E-state index is 0.0594. The Hall–Kier alpha value is -1.08. The summed E-state index contributed by atoms with van der Waals surface area (Å²) in [5, 5.41) is 9.14. The molecule has 0 radical (unpaired) electrons. The number of amides is 1. The summed E-state index contributed by atoms with van der Waals surface area (Å²) < 4.78 is 0.